The van der Waals surface area contributed by atoms with E-state index in [-0.39, 0.29) is 18.2 Å². The molecule has 1 unspecified atom stereocenters. The Morgan fingerprint density at radius 1 is 1.52 bits per heavy atom. The molecule has 0 aliphatic carbocycles. The lowest BCUT2D eigenvalue weighted by Crippen LogP contribution is -2.61. The number of ether oxygens (including phenoxy) is 1. The first-order valence-corrected chi connectivity index (χ1v) is 7.68. The van der Waals surface area contributed by atoms with Gasteiger partial charge in [-0.15, -0.1) is 0 Å². The highest BCUT2D eigenvalue weighted by Crippen LogP contribution is 2.34. The Balaban J connectivity index is 2.02. The van der Waals surface area contributed by atoms with E-state index in [0.717, 1.165) is 0 Å². The molecule has 0 aromatic carbocycles. The van der Waals surface area contributed by atoms with Gasteiger partial charge in [0, 0.05) is 0 Å². The molecule has 118 valence electrons. The lowest BCUT2D eigenvalue weighted by atomic mass is 10.2. The van der Waals surface area contributed by atoms with Crippen molar-refractivity contribution < 1.29 is 19.1 Å². The second kappa shape index (κ2) is 5.33. The van der Waals surface area contributed by atoms with Crippen molar-refractivity contribution in [3.05, 3.63) is 0 Å². The van der Waals surface area contributed by atoms with Gasteiger partial charge in [0.25, 0.3) is 0 Å². The van der Waals surface area contributed by atoms with Crippen molar-refractivity contribution in [3.63, 3.8) is 0 Å². The highest BCUT2D eigenvalue weighted by molar-refractivity contribution is 7.51. The molecule has 0 saturated carbocycles. The van der Waals surface area contributed by atoms with Crippen molar-refractivity contribution in [1.29, 1.82) is 0 Å². The molecule has 1 atom stereocenters. The zero-order valence-electron chi connectivity index (χ0n) is 11.2. The molecular formula is C8H17N8O4P. The Morgan fingerprint density at radius 3 is 2.81 bits per heavy atom. The molecule has 2 heterocycles. The van der Waals surface area contributed by atoms with E-state index in [2.05, 4.69) is 20.6 Å². The van der Waals surface area contributed by atoms with Crippen molar-refractivity contribution in [3.8, 4) is 0 Å². The summed E-state index contributed by atoms with van der Waals surface area (Å²) in [4.78, 5) is 25.3. The fraction of sp³-hybridized carbons (Fsp3) is 0.625. The van der Waals surface area contributed by atoms with Gasteiger partial charge in [0.1, 0.15) is 6.35 Å². The molecule has 0 radical (unpaired) electrons. The predicted molar refractivity (Wildman–Crippen MR) is 74.9 cm³/mol. The van der Waals surface area contributed by atoms with Gasteiger partial charge in [-0.1, -0.05) is 0 Å². The number of fused-ring (bicyclic) bond motifs is 1. The summed E-state index contributed by atoms with van der Waals surface area (Å²) in [5, 5.41) is 5.38. The van der Waals surface area contributed by atoms with E-state index in [1.165, 1.54) is 5.01 Å². The van der Waals surface area contributed by atoms with Crippen LogP contribution in [0.4, 0.5) is 0 Å². The van der Waals surface area contributed by atoms with E-state index in [0.29, 0.717) is 5.84 Å². The molecule has 13 heteroatoms. The lowest BCUT2D eigenvalue weighted by Gasteiger charge is -2.27. The van der Waals surface area contributed by atoms with E-state index >= 15 is 0 Å². The van der Waals surface area contributed by atoms with Crippen LogP contribution in [0.1, 0.15) is 6.92 Å². The first-order chi connectivity index (χ1) is 9.58. The summed E-state index contributed by atoms with van der Waals surface area (Å²) in [5.41, 5.74) is 19.9. The molecule has 2 aliphatic heterocycles. The number of aliphatic imine (C=N–C) groups is 2. The summed E-state index contributed by atoms with van der Waals surface area (Å²) in [6, 6.07) is 0. The van der Waals surface area contributed by atoms with Crippen LogP contribution >= 0.6 is 7.60 Å². The number of amidine groups is 1. The monoisotopic (exact) mass is 320 g/mol. The zero-order chi connectivity index (χ0) is 15.8. The third-order valence-electron chi connectivity index (χ3n) is 2.62. The molecule has 0 spiro atoms. The molecule has 0 saturated heterocycles. The van der Waals surface area contributed by atoms with E-state index in [9.17, 15) is 4.57 Å². The number of hydrazine groups is 1. The Labute approximate surface area is 119 Å². The third kappa shape index (κ3) is 3.75. The van der Waals surface area contributed by atoms with E-state index in [1.54, 1.807) is 6.92 Å². The number of nitrogens with one attached hydrogen (secondary N) is 1. The van der Waals surface area contributed by atoms with Crippen molar-refractivity contribution in [2.45, 2.75) is 18.8 Å². The SMILES string of the molecule is CC(CN1NN=C2C1=NC(N)=NC2(N)N)OCP(=O)(O)O. The average Bonchev–Trinajstić information content (AvgIpc) is 2.68. The maximum Gasteiger partial charge on any atom is 0.350 e. The summed E-state index contributed by atoms with van der Waals surface area (Å²) < 4.78 is 15.8. The van der Waals surface area contributed by atoms with Gasteiger partial charge in [0.15, 0.2) is 11.5 Å². The summed E-state index contributed by atoms with van der Waals surface area (Å²) in [7, 11) is -4.22. The van der Waals surface area contributed by atoms with Crippen LogP contribution in [0.5, 0.6) is 0 Å². The number of hydrogen-bond acceptors (Lipinski definition) is 10. The van der Waals surface area contributed by atoms with Crippen molar-refractivity contribution >= 4 is 25.1 Å². The fourth-order valence-corrected chi connectivity index (χ4v) is 2.20. The van der Waals surface area contributed by atoms with Crippen LogP contribution in [0.25, 0.3) is 0 Å². The summed E-state index contributed by atoms with van der Waals surface area (Å²) in [6.45, 7) is 1.82. The summed E-state index contributed by atoms with van der Waals surface area (Å²) in [6.07, 6.45) is -1.20. The van der Waals surface area contributed by atoms with Gasteiger partial charge >= 0.3 is 7.60 Å². The molecule has 12 nitrogen and oxygen atoms in total. The largest absolute Gasteiger partial charge is 0.368 e. The molecule has 0 bridgehead atoms. The molecule has 2 rings (SSSR count). The van der Waals surface area contributed by atoms with Crippen LogP contribution in [0.2, 0.25) is 0 Å². The first-order valence-electron chi connectivity index (χ1n) is 5.88. The number of nitrogens with two attached hydrogens (primary N) is 3. The van der Waals surface area contributed by atoms with Crippen LogP contribution in [-0.2, 0) is 9.30 Å². The number of nitrogens with zero attached hydrogens (tertiary/aromatic N) is 4. The second-order valence-corrected chi connectivity index (χ2v) is 6.26. The van der Waals surface area contributed by atoms with Gasteiger partial charge in [-0.05, 0) is 6.92 Å². The van der Waals surface area contributed by atoms with Crippen LogP contribution < -0.4 is 22.7 Å². The van der Waals surface area contributed by atoms with Crippen molar-refractivity contribution in [2.75, 3.05) is 12.9 Å². The normalized spacial score (nSPS) is 22.0. The van der Waals surface area contributed by atoms with Gasteiger partial charge in [0.05, 0.1) is 12.6 Å². The van der Waals surface area contributed by atoms with Crippen LogP contribution in [0.3, 0.4) is 0 Å². The summed E-state index contributed by atoms with van der Waals surface area (Å²) >= 11 is 0. The molecule has 9 N–H and O–H groups in total. The minimum Gasteiger partial charge on any atom is -0.368 e. The van der Waals surface area contributed by atoms with Gasteiger partial charge in [0.2, 0.25) is 11.7 Å². The third-order valence-corrected chi connectivity index (χ3v) is 3.10. The smallest absolute Gasteiger partial charge is 0.350 e. The maximum atomic E-state index is 10.8. The first kappa shape index (κ1) is 15.8. The van der Waals surface area contributed by atoms with Gasteiger partial charge in [-0.25, -0.2) is 10.5 Å². The minimum absolute atomic E-state index is 0.0913. The molecule has 0 aromatic heterocycles. The van der Waals surface area contributed by atoms with Crippen LogP contribution in [0.15, 0.2) is 15.1 Å². The van der Waals surface area contributed by atoms with E-state index < -0.39 is 25.8 Å². The molecular weight excluding hydrogens is 303 g/mol. The number of guanidine groups is 1. The Hall–Kier alpha value is -1.56. The Kier molecular flexibility index (Phi) is 4.02. The van der Waals surface area contributed by atoms with E-state index in [4.69, 9.17) is 31.7 Å². The van der Waals surface area contributed by atoms with E-state index in [1.807, 2.05) is 0 Å². The molecule has 0 aromatic rings. The standard InChI is InChI=1S/C8H17N8O4P/c1-4(20-3-21(17,18)19)2-16-6-5(14-15-16)8(10,11)13-7(9)12-6/h4,15H,2-3,10-11H2,1H3,(H2,9,13)(H2,17,18,19). The Morgan fingerprint density at radius 2 is 2.19 bits per heavy atom. The number of rotatable bonds is 5. The van der Waals surface area contributed by atoms with Crippen molar-refractivity contribution in [1.82, 2.24) is 10.5 Å². The maximum absolute atomic E-state index is 10.8. The molecule has 0 fully saturated rings. The molecule has 2 aliphatic rings. The molecule has 21 heavy (non-hydrogen) atoms. The van der Waals surface area contributed by atoms with Gasteiger partial charge < -0.3 is 20.3 Å². The zero-order valence-corrected chi connectivity index (χ0v) is 12.1. The van der Waals surface area contributed by atoms with Gasteiger partial charge in [-0.3, -0.25) is 21.0 Å². The lowest BCUT2D eigenvalue weighted by molar-refractivity contribution is 0.0642. The second-order valence-electron chi connectivity index (χ2n) is 4.67. The Bertz CT molecular complexity index is 567. The number of hydrogen-bond donors (Lipinski definition) is 6. The fourth-order valence-electron chi connectivity index (χ4n) is 1.75. The highest BCUT2D eigenvalue weighted by Gasteiger charge is 2.40. The topological polar surface area (TPSA) is 197 Å². The van der Waals surface area contributed by atoms with Crippen LogP contribution in [-0.4, -0.2) is 57.1 Å². The average molecular weight is 320 g/mol. The highest BCUT2D eigenvalue weighted by atomic mass is 31.2. The minimum atomic E-state index is -4.22. The number of hydrazone groups is 1. The van der Waals surface area contributed by atoms with Crippen LogP contribution in [0, 0.1) is 0 Å². The van der Waals surface area contributed by atoms with Gasteiger partial charge in [-0.2, -0.15) is 10.1 Å². The summed E-state index contributed by atoms with van der Waals surface area (Å²) in [5.74, 6) is -1.38. The predicted octanol–water partition coefficient (Wildman–Crippen LogP) is -3.00. The van der Waals surface area contributed by atoms with Crippen molar-refractivity contribution in [2.24, 2.45) is 32.3 Å². The molecule has 0 amide bonds. The quantitative estimate of drug-likeness (QED) is 0.226.